The SMILES string of the molecule is CCc1ccccc1C(=O)NCC(O)C(=O)O. The van der Waals surface area contributed by atoms with Gasteiger partial charge in [-0.25, -0.2) is 4.79 Å². The zero-order valence-electron chi connectivity index (χ0n) is 9.51. The van der Waals surface area contributed by atoms with Crippen molar-refractivity contribution in [3.05, 3.63) is 35.4 Å². The fourth-order valence-corrected chi connectivity index (χ4v) is 1.42. The molecule has 0 aliphatic heterocycles. The molecule has 0 saturated carbocycles. The van der Waals surface area contributed by atoms with Crippen molar-refractivity contribution in [2.75, 3.05) is 6.54 Å². The van der Waals surface area contributed by atoms with Crippen molar-refractivity contribution in [2.24, 2.45) is 0 Å². The number of hydrogen-bond acceptors (Lipinski definition) is 3. The Balaban J connectivity index is 2.67. The molecule has 1 aromatic carbocycles. The fraction of sp³-hybridized carbons (Fsp3) is 0.333. The average Bonchev–Trinajstić information content (AvgIpc) is 2.35. The van der Waals surface area contributed by atoms with E-state index < -0.39 is 12.1 Å². The first-order valence-corrected chi connectivity index (χ1v) is 5.33. The number of benzene rings is 1. The van der Waals surface area contributed by atoms with Crippen LogP contribution in [0.15, 0.2) is 24.3 Å². The highest BCUT2D eigenvalue weighted by molar-refractivity contribution is 5.95. The number of aryl methyl sites for hydroxylation is 1. The molecule has 0 radical (unpaired) electrons. The van der Waals surface area contributed by atoms with Gasteiger partial charge in [-0.1, -0.05) is 25.1 Å². The molecule has 92 valence electrons. The highest BCUT2D eigenvalue weighted by Crippen LogP contribution is 2.08. The average molecular weight is 237 g/mol. The Hall–Kier alpha value is -1.88. The molecular formula is C12H15NO4. The summed E-state index contributed by atoms with van der Waals surface area (Å²) in [6.07, 6.45) is -0.863. The van der Waals surface area contributed by atoms with Gasteiger partial charge in [-0.2, -0.15) is 0 Å². The van der Waals surface area contributed by atoms with Crippen molar-refractivity contribution in [1.29, 1.82) is 0 Å². The molecule has 0 aromatic heterocycles. The van der Waals surface area contributed by atoms with E-state index in [4.69, 9.17) is 10.2 Å². The number of nitrogens with one attached hydrogen (secondary N) is 1. The maximum absolute atomic E-state index is 11.7. The summed E-state index contributed by atoms with van der Waals surface area (Å²) in [7, 11) is 0. The third-order valence-corrected chi connectivity index (χ3v) is 2.38. The van der Waals surface area contributed by atoms with Crippen LogP contribution in [0.4, 0.5) is 0 Å². The second-order valence-corrected chi connectivity index (χ2v) is 3.57. The normalized spacial score (nSPS) is 11.9. The van der Waals surface area contributed by atoms with Gasteiger partial charge in [0.25, 0.3) is 5.91 Å². The summed E-state index contributed by atoms with van der Waals surface area (Å²) in [6, 6.07) is 7.08. The van der Waals surface area contributed by atoms with Gasteiger partial charge in [-0.05, 0) is 18.1 Å². The molecular weight excluding hydrogens is 222 g/mol. The zero-order chi connectivity index (χ0) is 12.8. The lowest BCUT2D eigenvalue weighted by molar-refractivity contribution is -0.146. The van der Waals surface area contributed by atoms with E-state index in [0.717, 1.165) is 5.56 Å². The molecule has 1 unspecified atom stereocenters. The Bertz CT molecular complexity index is 417. The number of carbonyl (C=O) groups excluding carboxylic acids is 1. The Kier molecular flexibility index (Phi) is 4.66. The predicted molar refractivity (Wildman–Crippen MR) is 61.8 cm³/mol. The fourth-order valence-electron chi connectivity index (χ4n) is 1.42. The van der Waals surface area contributed by atoms with Gasteiger partial charge in [0, 0.05) is 5.56 Å². The van der Waals surface area contributed by atoms with Gasteiger partial charge in [0.1, 0.15) is 0 Å². The van der Waals surface area contributed by atoms with E-state index >= 15 is 0 Å². The van der Waals surface area contributed by atoms with Crippen molar-refractivity contribution in [1.82, 2.24) is 5.32 Å². The summed E-state index contributed by atoms with van der Waals surface area (Å²) in [6.45, 7) is 1.63. The topological polar surface area (TPSA) is 86.6 Å². The molecule has 17 heavy (non-hydrogen) atoms. The van der Waals surface area contributed by atoms with Gasteiger partial charge in [0.2, 0.25) is 0 Å². The zero-order valence-corrected chi connectivity index (χ0v) is 9.51. The first-order chi connectivity index (χ1) is 8.06. The molecule has 0 saturated heterocycles. The molecule has 0 heterocycles. The van der Waals surface area contributed by atoms with Gasteiger partial charge < -0.3 is 15.5 Å². The summed E-state index contributed by atoms with van der Waals surface area (Å²) in [5, 5.41) is 19.9. The van der Waals surface area contributed by atoms with Crippen LogP contribution in [0.5, 0.6) is 0 Å². The Morgan fingerprint density at radius 3 is 2.59 bits per heavy atom. The molecule has 0 aliphatic rings. The summed E-state index contributed by atoms with van der Waals surface area (Å²) in [5.74, 6) is -1.73. The lowest BCUT2D eigenvalue weighted by atomic mass is 10.0. The van der Waals surface area contributed by atoms with Crippen LogP contribution < -0.4 is 5.32 Å². The molecule has 1 amide bonds. The number of hydrogen-bond donors (Lipinski definition) is 3. The van der Waals surface area contributed by atoms with Crippen LogP contribution in [0, 0.1) is 0 Å². The van der Waals surface area contributed by atoms with Crippen LogP contribution in [0.25, 0.3) is 0 Å². The molecule has 3 N–H and O–H groups in total. The molecule has 1 aromatic rings. The van der Waals surface area contributed by atoms with E-state index in [0.29, 0.717) is 12.0 Å². The Morgan fingerprint density at radius 1 is 1.35 bits per heavy atom. The van der Waals surface area contributed by atoms with Crippen LogP contribution >= 0.6 is 0 Å². The molecule has 1 atom stereocenters. The number of aliphatic hydroxyl groups is 1. The number of carboxylic acid groups (broad SMARTS) is 1. The van der Waals surface area contributed by atoms with Gasteiger partial charge in [0.15, 0.2) is 6.10 Å². The van der Waals surface area contributed by atoms with E-state index in [1.54, 1.807) is 12.1 Å². The summed E-state index contributed by atoms with van der Waals surface area (Å²) < 4.78 is 0. The van der Waals surface area contributed by atoms with Gasteiger partial charge >= 0.3 is 5.97 Å². The van der Waals surface area contributed by atoms with E-state index in [1.165, 1.54) is 0 Å². The van der Waals surface area contributed by atoms with Crippen LogP contribution in [0.2, 0.25) is 0 Å². The minimum Gasteiger partial charge on any atom is -0.479 e. The molecule has 0 spiro atoms. The summed E-state index contributed by atoms with van der Waals surface area (Å²) in [4.78, 5) is 22.1. The number of aliphatic carboxylic acids is 1. The van der Waals surface area contributed by atoms with E-state index in [-0.39, 0.29) is 12.5 Å². The highest BCUT2D eigenvalue weighted by atomic mass is 16.4. The Labute approximate surface area is 99.1 Å². The van der Waals surface area contributed by atoms with Gasteiger partial charge in [-0.3, -0.25) is 4.79 Å². The van der Waals surface area contributed by atoms with Crippen molar-refractivity contribution in [2.45, 2.75) is 19.4 Å². The van der Waals surface area contributed by atoms with Crippen LogP contribution in [-0.4, -0.2) is 34.7 Å². The Morgan fingerprint density at radius 2 is 2.00 bits per heavy atom. The second kappa shape index (κ2) is 6.00. The third-order valence-electron chi connectivity index (χ3n) is 2.38. The van der Waals surface area contributed by atoms with E-state index in [1.807, 2.05) is 19.1 Å². The van der Waals surface area contributed by atoms with Crippen molar-refractivity contribution in [3.63, 3.8) is 0 Å². The number of carbonyl (C=O) groups is 2. The minimum atomic E-state index is -1.58. The van der Waals surface area contributed by atoms with Crippen LogP contribution in [-0.2, 0) is 11.2 Å². The molecule has 5 heteroatoms. The highest BCUT2D eigenvalue weighted by Gasteiger charge is 2.15. The van der Waals surface area contributed by atoms with Gasteiger partial charge in [0.05, 0.1) is 6.54 Å². The maximum atomic E-state index is 11.7. The minimum absolute atomic E-state index is 0.299. The number of rotatable bonds is 5. The van der Waals surface area contributed by atoms with Crippen molar-refractivity contribution in [3.8, 4) is 0 Å². The van der Waals surface area contributed by atoms with Gasteiger partial charge in [-0.15, -0.1) is 0 Å². The molecule has 0 aliphatic carbocycles. The summed E-state index contributed by atoms with van der Waals surface area (Å²) >= 11 is 0. The third kappa shape index (κ3) is 3.57. The predicted octanol–water partition coefficient (Wildman–Crippen LogP) is 0.424. The molecule has 1 rings (SSSR count). The largest absolute Gasteiger partial charge is 0.479 e. The second-order valence-electron chi connectivity index (χ2n) is 3.57. The van der Waals surface area contributed by atoms with Crippen LogP contribution in [0.1, 0.15) is 22.8 Å². The molecule has 5 nitrogen and oxygen atoms in total. The van der Waals surface area contributed by atoms with E-state index in [2.05, 4.69) is 5.32 Å². The first-order valence-electron chi connectivity index (χ1n) is 5.33. The lowest BCUT2D eigenvalue weighted by Gasteiger charge is -2.10. The number of amides is 1. The first kappa shape index (κ1) is 13.2. The van der Waals surface area contributed by atoms with Crippen molar-refractivity contribution >= 4 is 11.9 Å². The lowest BCUT2D eigenvalue weighted by Crippen LogP contribution is -2.36. The monoisotopic (exact) mass is 237 g/mol. The smallest absolute Gasteiger partial charge is 0.334 e. The summed E-state index contributed by atoms with van der Waals surface area (Å²) in [5.41, 5.74) is 1.39. The number of aliphatic hydroxyl groups excluding tert-OH is 1. The van der Waals surface area contributed by atoms with Crippen LogP contribution in [0.3, 0.4) is 0 Å². The quantitative estimate of drug-likeness (QED) is 0.693. The van der Waals surface area contributed by atoms with E-state index in [9.17, 15) is 9.59 Å². The molecule has 0 fully saturated rings. The maximum Gasteiger partial charge on any atom is 0.334 e. The van der Waals surface area contributed by atoms with Crippen molar-refractivity contribution < 1.29 is 19.8 Å². The standard InChI is InChI=1S/C12H15NO4/c1-2-8-5-3-4-6-9(8)11(15)13-7-10(14)12(16)17/h3-6,10,14H,2,7H2,1H3,(H,13,15)(H,16,17). The molecule has 0 bridgehead atoms. The number of carboxylic acids is 1.